The van der Waals surface area contributed by atoms with Gasteiger partial charge in [-0.25, -0.2) is 0 Å². The van der Waals surface area contributed by atoms with Crippen molar-refractivity contribution < 1.29 is 4.79 Å². The highest BCUT2D eigenvalue weighted by Gasteiger charge is 2.39. The first-order valence-electron chi connectivity index (χ1n) is 7.37. The Morgan fingerprint density at radius 2 is 1.90 bits per heavy atom. The van der Waals surface area contributed by atoms with E-state index in [4.69, 9.17) is 23.2 Å². The van der Waals surface area contributed by atoms with Gasteiger partial charge in [-0.2, -0.15) is 0 Å². The molecule has 1 N–H and O–H groups in total. The summed E-state index contributed by atoms with van der Waals surface area (Å²) in [6, 6.07) is 3.58. The molecular formula is C16H19Cl2NO. The van der Waals surface area contributed by atoms with Crippen LogP contribution in [0.4, 0.5) is 5.69 Å². The minimum Gasteiger partial charge on any atom is -0.324 e. The van der Waals surface area contributed by atoms with Gasteiger partial charge in [0.2, 0.25) is 5.91 Å². The van der Waals surface area contributed by atoms with Crippen LogP contribution in [0.1, 0.15) is 50.5 Å². The molecule has 2 aliphatic rings. The molecule has 2 nitrogen and oxygen atoms in total. The quantitative estimate of drug-likeness (QED) is 0.794. The number of nitrogens with one attached hydrogen (secondary N) is 1. The van der Waals surface area contributed by atoms with E-state index in [0.717, 1.165) is 11.3 Å². The van der Waals surface area contributed by atoms with Crippen molar-refractivity contribution in [1.82, 2.24) is 0 Å². The minimum atomic E-state index is -0.107. The van der Waals surface area contributed by atoms with Crippen LogP contribution in [0.3, 0.4) is 0 Å². The lowest BCUT2D eigenvalue weighted by atomic mass is 9.73. The fraction of sp³-hybridized carbons (Fsp3) is 0.562. The number of carbonyl (C=O) groups excluding carboxylic acids is 1. The minimum absolute atomic E-state index is 0.0715. The van der Waals surface area contributed by atoms with Crippen molar-refractivity contribution >= 4 is 34.8 Å². The zero-order chi connectivity index (χ0) is 14.3. The van der Waals surface area contributed by atoms with E-state index < -0.39 is 0 Å². The van der Waals surface area contributed by atoms with Crippen molar-refractivity contribution in [2.45, 2.75) is 44.9 Å². The zero-order valence-corrected chi connectivity index (χ0v) is 13.1. The van der Waals surface area contributed by atoms with Crippen molar-refractivity contribution in [3.8, 4) is 0 Å². The van der Waals surface area contributed by atoms with Crippen molar-refractivity contribution in [3.05, 3.63) is 27.7 Å². The molecule has 1 aliphatic carbocycles. The zero-order valence-electron chi connectivity index (χ0n) is 11.6. The normalized spacial score (nSPS) is 24.4. The van der Waals surface area contributed by atoms with Crippen molar-refractivity contribution in [3.63, 3.8) is 0 Å². The van der Waals surface area contributed by atoms with Crippen LogP contribution >= 0.6 is 23.2 Å². The molecule has 1 aromatic carbocycles. The summed E-state index contributed by atoms with van der Waals surface area (Å²) >= 11 is 12.3. The molecule has 1 saturated carbocycles. The standard InChI is InChI=1S/C16H19Cl2NO/c1-9(10-5-3-2-4-6-10)14-12-7-11(17)8-13(18)15(12)19-16(14)20/h7-10,14H,2-6H2,1H3,(H,19,20). The maximum absolute atomic E-state index is 12.4. The maximum atomic E-state index is 12.4. The van der Waals surface area contributed by atoms with Gasteiger partial charge in [-0.1, -0.05) is 62.2 Å². The van der Waals surface area contributed by atoms with Crippen LogP contribution in [0.2, 0.25) is 10.0 Å². The summed E-state index contributed by atoms with van der Waals surface area (Å²) in [5.41, 5.74) is 1.74. The molecule has 0 aromatic heterocycles. The molecule has 108 valence electrons. The number of hydrogen-bond acceptors (Lipinski definition) is 1. The molecule has 1 aliphatic heterocycles. The van der Waals surface area contributed by atoms with E-state index in [9.17, 15) is 4.79 Å². The molecule has 1 aromatic rings. The monoisotopic (exact) mass is 311 g/mol. The molecule has 3 rings (SSSR count). The number of carbonyl (C=O) groups is 1. The molecule has 1 heterocycles. The lowest BCUT2D eigenvalue weighted by Crippen LogP contribution is -2.26. The predicted molar refractivity (Wildman–Crippen MR) is 83.6 cm³/mol. The lowest BCUT2D eigenvalue weighted by Gasteiger charge is -2.30. The highest BCUT2D eigenvalue weighted by Crippen LogP contribution is 2.46. The average Bonchev–Trinajstić information content (AvgIpc) is 2.76. The summed E-state index contributed by atoms with van der Waals surface area (Å²) in [5.74, 6) is 0.931. The molecule has 0 spiro atoms. The van der Waals surface area contributed by atoms with E-state index >= 15 is 0 Å². The van der Waals surface area contributed by atoms with E-state index in [0.29, 0.717) is 21.9 Å². The van der Waals surface area contributed by atoms with Crippen molar-refractivity contribution in [1.29, 1.82) is 0 Å². The Morgan fingerprint density at radius 3 is 2.60 bits per heavy atom. The number of fused-ring (bicyclic) bond motifs is 1. The third-order valence-corrected chi connectivity index (χ3v) is 5.39. The number of halogens is 2. The van der Waals surface area contributed by atoms with Crippen LogP contribution in [0, 0.1) is 11.8 Å². The van der Waals surface area contributed by atoms with Gasteiger partial charge < -0.3 is 5.32 Å². The van der Waals surface area contributed by atoms with Gasteiger partial charge in [0.25, 0.3) is 0 Å². The third-order valence-electron chi connectivity index (χ3n) is 4.87. The molecule has 20 heavy (non-hydrogen) atoms. The lowest BCUT2D eigenvalue weighted by molar-refractivity contribution is -0.118. The second-order valence-electron chi connectivity index (χ2n) is 6.08. The molecule has 4 heteroatoms. The van der Waals surface area contributed by atoms with E-state index in [1.165, 1.54) is 32.1 Å². The molecule has 0 saturated heterocycles. The first-order chi connectivity index (χ1) is 9.58. The fourth-order valence-electron chi connectivity index (χ4n) is 3.77. The van der Waals surface area contributed by atoms with Gasteiger partial charge in [-0.3, -0.25) is 4.79 Å². The number of benzene rings is 1. The molecule has 0 bridgehead atoms. The van der Waals surface area contributed by atoms with Crippen LogP contribution < -0.4 is 5.32 Å². The first kappa shape index (κ1) is 14.2. The number of anilines is 1. The Morgan fingerprint density at radius 1 is 1.20 bits per heavy atom. The first-order valence-corrected chi connectivity index (χ1v) is 8.13. The summed E-state index contributed by atoms with van der Waals surface area (Å²) in [5, 5.41) is 4.08. The summed E-state index contributed by atoms with van der Waals surface area (Å²) in [7, 11) is 0. The van der Waals surface area contributed by atoms with Gasteiger partial charge >= 0.3 is 0 Å². The topological polar surface area (TPSA) is 29.1 Å². The second kappa shape index (κ2) is 5.57. The van der Waals surface area contributed by atoms with Gasteiger partial charge in [0.1, 0.15) is 0 Å². The van der Waals surface area contributed by atoms with Crippen LogP contribution in [-0.4, -0.2) is 5.91 Å². The van der Waals surface area contributed by atoms with Crippen LogP contribution in [0.5, 0.6) is 0 Å². The van der Waals surface area contributed by atoms with E-state index in [1.807, 2.05) is 6.07 Å². The van der Waals surface area contributed by atoms with Gasteiger partial charge in [-0.05, 0) is 29.5 Å². The largest absolute Gasteiger partial charge is 0.324 e. The summed E-state index contributed by atoms with van der Waals surface area (Å²) in [6.45, 7) is 2.20. The summed E-state index contributed by atoms with van der Waals surface area (Å²) < 4.78 is 0. The van der Waals surface area contributed by atoms with Gasteiger partial charge in [0.15, 0.2) is 0 Å². The molecule has 2 atom stereocenters. The second-order valence-corrected chi connectivity index (χ2v) is 6.92. The van der Waals surface area contributed by atoms with Crippen molar-refractivity contribution in [2.24, 2.45) is 11.8 Å². The smallest absolute Gasteiger partial charge is 0.232 e. The SMILES string of the molecule is CC(C1CCCCC1)C1C(=O)Nc2c(Cl)cc(Cl)cc21. The highest BCUT2D eigenvalue weighted by molar-refractivity contribution is 6.37. The van der Waals surface area contributed by atoms with Crippen LogP contribution in [0.25, 0.3) is 0 Å². The van der Waals surface area contributed by atoms with Crippen LogP contribution in [-0.2, 0) is 4.79 Å². The van der Waals surface area contributed by atoms with Gasteiger partial charge in [-0.15, -0.1) is 0 Å². The van der Waals surface area contributed by atoms with Gasteiger partial charge in [0.05, 0.1) is 16.6 Å². The average molecular weight is 312 g/mol. The van der Waals surface area contributed by atoms with Crippen LogP contribution in [0.15, 0.2) is 12.1 Å². The number of rotatable bonds is 2. The fourth-order valence-corrected chi connectivity index (χ4v) is 4.32. The Balaban J connectivity index is 1.93. The van der Waals surface area contributed by atoms with E-state index in [-0.39, 0.29) is 11.8 Å². The Labute approximate surface area is 129 Å². The molecule has 1 amide bonds. The molecule has 1 fully saturated rings. The summed E-state index contributed by atoms with van der Waals surface area (Å²) in [4.78, 5) is 12.4. The summed E-state index contributed by atoms with van der Waals surface area (Å²) in [6.07, 6.45) is 6.36. The predicted octanol–water partition coefficient (Wildman–Crippen LogP) is 5.25. The molecular weight excluding hydrogens is 293 g/mol. The Hall–Kier alpha value is -0.730. The van der Waals surface area contributed by atoms with E-state index in [1.54, 1.807) is 6.07 Å². The van der Waals surface area contributed by atoms with Gasteiger partial charge in [0, 0.05) is 5.02 Å². The third kappa shape index (κ3) is 2.44. The molecule has 2 unspecified atom stereocenters. The Kier molecular flexibility index (Phi) is 3.96. The molecule has 0 radical (unpaired) electrons. The highest BCUT2D eigenvalue weighted by atomic mass is 35.5. The van der Waals surface area contributed by atoms with Crippen molar-refractivity contribution in [2.75, 3.05) is 5.32 Å². The number of amides is 1. The maximum Gasteiger partial charge on any atom is 0.232 e. The Bertz CT molecular complexity index is 538. The van der Waals surface area contributed by atoms with E-state index in [2.05, 4.69) is 12.2 Å². The number of hydrogen-bond donors (Lipinski definition) is 1.